The fourth-order valence-electron chi connectivity index (χ4n) is 3.57. The summed E-state index contributed by atoms with van der Waals surface area (Å²) in [5, 5.41) is 0.980. The molecule has 0 radical (unpaired) electrons. The first-order chi connectivity index (χ1) is 13.1. The third kappa shape index (κ3) is 4.41. The minimum atomic E-state index is -3.41. The van der Waals surface area contributed by atoms with Crippen molar-refractivity contribution in [3.8, 4) is 0 Å². The molecule has 27 heavy (non-hydrogen) atoms. The molecule has 3 aromatic rings. The lowest BCUT2D eigenvalue weighted by Crippen LogP contribution is -2.32. The maximum Gasteiger partial charge on any atom is 0.250 e. The summed E-state index contributed by atoms with van der Waals surface area (Å²) in [6.07, 6.45) is 2.95. The van der Waals surface area contributed by atoms with E-state index in [-0.39, 0.29) is 0 Å². The first-order valence-corrected chi connectivity index (χ1v) is 11.7. The van der Waals surface area contributed by atoms with E-state index >= 15 is 0 Å². The van der Waals surface area contributed by atoms with Crippen LogP contribution in [0.1, 0.15) is 24.0 Å². The van der Waals surface area contributed by atoms with Gasteiger partial charge in [0.1, 0.15) is 4.21 Å². The van der Waals surface area contributed by atoms with E-state index in [1.165, 1.54) is 22.5 Å². The van der Waals surface area contributed by atoms with E-state index in [2.05, 4.69) is 33.9 Å². The number of benzene rings is 2. The van der Waals surface area contributed by atoms with Gasteiger partial charge in [-0.15, -0.1) is 11.3 Å². The average Bonchev–Trinajstić information content (AvgIpc) is 3.13. The first kappa shape index (κ1) is 18.6. The van der Waals surface area contributed by atoms with Gasteiger partial charge in [0.2, 0.25) is 10.0 Å². The minimum Gasteiger partial charge on any atom is -0.299 e. The molecule has 6 heteroatoms. The fraction of sp³-hybridized carbons (Fsp3) is 0.333. The minimum absolute atomic E-state index is 0.399. The van der Waals surface area contributed by atoms with E-state index in [9.17, 15) is 8.42 Å². The standard InChI is InChI=1S/C21H24N2O2S2/c24-27(25,21-15-18-8-3-4-10-20(18)26-21)22-12-5-6-13-23-14-11-17-7-1-2-9-19(17)16-23/h1-4,7-10,15,22H,5-6,11-14,16H2. The molecule has 0 unspecified atom stereocenters. The summed E-state index contributed by atoms with van der Waals surface area (Å²) in [4.78, 5) is 2.46. The maximum atomic E-state index is 12.5. The van der Waals surface area contributed by atoms with Crippen LogP contribution in [0, 0.1) is 0 Å². The molecule has 4 nitrogen and oxygen atoms in total. The SMILES string of the molecule is O=S(=O)(NCCCCN1CCc2ccccc2C1)c1cc2ccccc2s1. The van der Waals surface area contributed by atoms with Crippen molar-refractivity contribution in [2.24, 2.45) is 0 Å². The zero-order chi connectivity index (χ0) is 18.7. The van der Waals surface area contributed by atoms with Crippen LogP contribution in [-0.4, -0.2) is 33.0 Å². The second-order valence-corrected chi connectivity index (χ2v) is 10.1. The lowest BCUT2D eigenvalue weighted by atomic mass is 10.00. The zero-order valence-electron chi connectivity index (χ0n) is 15.2. The van der Waals surface area contributed by atoms with Crippen LogP contribution in [0.25, 0.3) is 10.1 Å². The van der Waals surface area contributed by atoms with Gasteiger partial charge < -0.3 is 0 Å². The summed E-state index contributed by atoms with van der Waals surface area (Å²) in [7, 11) is -3.41. The second-order valence-electron chi connectivity index (χ2n) is 7.00. The van der Waals surface area contributed by atoms with Gasteiger partial charge in [-0.1, -0.05) is 42.5 Å². The summed E-state index contributed by atoms with van der Waals surface area (Å²) < 4.78 is 29.1. The molecular weight excluding hydrogens is 376 g/mol. The van der Waals surface area contributed by atoms with Crippen LogP contribution in [0.4, 0.5) is 0 Å². The molecule has 0 spiro atoms. The highest BCUT2D eigenvalue weighted by molar-refractivity contribution is 7.91. The average molecular weight is 401 g/mol. The Bertz CT molecular complexity index is 994. The van der Waals surface area contributed by atoms with Gasteiger partial charge >= 0.3 is 0 Å². The van der Waals surface area contributed by atoms with Crippen molar-refractivity contribution >= 4 is 31.4 Å². The Morgan fingerprint density at radius 1 is 1.00 bits per heavy atom. The first-order valence-electron chi connectivity index (χ1n) is 9.39. The molecule has 0 fully saturated rings. The molecular formula is C21H24N2O2S2. The van der Waals surface area contributed by atoms with Gasteiger partial charge in [-0.25, -0.2) is 13.1 Å². The van der Waals surface area contributed by atoms with E-state index in [0.717, 1.165) is 49.0 Å². The van der Waals surface area contributed by atoms with Gasteiger partial charge in [-0.05, 0) is 54.5 Å². The van der Waals surface area contributed by atoms with Crippen LogP contribution >= 0.6 is 11.3 Å². The Labute approximate surface area is 164 Å². The summed E-state index contributed by atoms with van der Waals surface area (Å²) in [6.45, 7) is 3.59. The molecule has 1 N–H and O–H groups in total. The Morgan fingerprint density at radius 2 is 1.78 bits per heavy atom. The molecule has 0 saturated carbocycles. The third-order valence-corrected chi connectivity index (χ3v) is 8.12. The van der Waals surface area contributed by atoms with Crippen molar-refractivity contribution in [1.82, 2.24) is 9.62 Å². The molecule has 0 aliphatic carbocycles. The van der Waals surface area contributed by atoms with E-state index in [1.807, 2.05) is 24.3 Å². The number of sulfonamides is 1. The summed E-state index contributed by atoms with van der Waals surface area (Å²) in [6, 6.07) is 18.2. The third-order valence-electron chi connectivity index (χ3n) is 5.07. The molecule has 1 aromatic heterocycles. The van der Waals surface area contributed by atoms with E-state index in [1.54, 1.807) is 6.07 Å². The molecule has 4 rings (SSSR count). The predicted octanol–water partition coefficient (Wildman–Crippen LogP) is 4.02. The molecule has 0 saturated heterocycles. The quantitative estimate of drug-likeness (QED) is 0.610. The van der Waals surface area contributed by atoms with Crippen LogP contribution in [0.5, 0.6) is 0 Å². The van der Waals surface area contributed by atoms with Crippen molar-refractivity contribution < 1.29 is 8.42 Å². The smallest absolute Gasteiger partial charge is 0.250 e. The van der Waals surface area contributed by atoms with Crippen LogP contribution in [0.3, 0.4) is 0 Å². The van der Waals surface area contributed by atoms with Gasteiger partial charge in [0.25, 0.3) is 0 Å². The highest BCUT2D eigenvalue weighted by Crippen LogP contribution is 2.28. The number of rotatable bonds is 7. The normalized spacial score (nSPS) is 15.1. The predicted molar refractivity (Wildman–Crippen MR) is 112 cm³/mol. The second kappa shape index (κ2) is 8.10. The van der Waals surface area contributed by atoms with Crippen molar-refractivity contribution in [2.45, 2.75) is 30.0 Å². The van der Waals surface area contributed by atoms with E-state index in [4.69, 9.17) is 0 Å². The van der Waals surface area contributed by atoms with Crippen molar-refractivity contribution in [3.05, 3.63) is 65.7 Å². The highest BCUT2D eigenvalue weighted by atomic mass is 32.2. The number of nitrogens with one attached hydrogen (secondary N) is 1. The van der Waals surface area contributed by atoms with Gasteiger partial charge in [0, 0.05) is 24.3 Å². The summed E-state index contributed by atoms with van der Waals surface area (Å²) in [5.74, 6) is 0. The lowest BCUT2D eigenvalue weighted by Gasteiger charge is -2.28. The molecule has 1 aliphatic heterocycles. The Balaban J connectivity index is 1.24. The molecule has 0 atom stereocenters. The topological polar surface area (TPSA) is 49.4 Å². The van der Waals surface area contributed by atoms with E-state index < -0.39 is 10.0 Å². The van der Waals surface area contributed by atoms with Crippen molar-refractivity contribution in [1.29, 1.82) is 0 Å². The van der Waals surface area contributed by atoms with Gasteiger partial charge in [0.05, 0.1) is 0 Å². The van der Waals surface area contributed by atoms with Gasteiger partial charge in [-0.2, -0.15) is 0 Å². The number of nitrogens with zero attached hydrogens (tertiary/aromatic N) is 1. The van der Waals surface area contributed by atoms with Crippen molar-refractivity contribution in [2.75, 3.05) is 19.6 Å². The monoisotopic (exact) mass is 400 g/mol. The van der Waals surface area contributed by atoms with Crippen LogP contribution in [-0.2, 0) is 23.0 Å². The number of unbranched alkanes of at least 4 members (excludes halogenated alkanes) is 1. The van der Waals surface area contributed by atoms with Crippen LogP contribution < -0.4 is 4.72 Å². The number of thiophene rings is 1. The lowest BCUT2D eigenvalue weighted by molar-refractivity contribution is 0.249. The molecule has 142 valence electrons. The summed E-state index contributed by atoms with van der Waals surface area (Å²) >= 11 is 1.33. The Kier molecular flexibility index (Phi) is 5.59. The van der Waals surface area contributed by atoms with Crippen molar-refractivity contribution in [3.63, 3.8) is 0 Å². The summed E-state index contributed by atoms with van der Waals surface area (Å²) in [5.41, 5.74) is 2.89. The number of hydrogen-bond donors (Lipinski definition) is 1. The van der Waals surface area contributed by atoms with Gasteiger partial charge in [-0.3, -0.25) is 4.90 Å². The maximum absolute atomic E-state index is 12.5. The van der Waals surface area contributed by atoms with Gasteiger partial charge in [0.15, 0.2) is 0 Å². The Morgan fingerprint density at radius 3 is 2.63 bits per heavy atom. The molecule has 2 aromatic carbocycles. The highest BCUT2D eigenvalue weighted by Gasteiger charge is 2.17. The molecule has 1 aliphatic rings. The molecule has 0 amide bonds. The molecule has 0 bridgehead atoms. The van der Waals surface area contributed by atoms with Crippen LogP contribution in [0.2, 0.25) is 0 Å². The Hall–Kier alpha value is -1.73. The molecule has 2 heterocycles. The van der Waals surface area contributed by atoms with E-state index in [0.29, 0.717) is 10.8 Å². The number of hydrogen-bond acceptors (Lipinski definition) is 4. The zero-order valence-corrected chi connectivity index (χ0v) is 16.9. The largest absolute Gasteiger partial charge is 0.299 e. The van der Waals surface area contributed by atoms with Crippen LogP contribution in [0.15, 0.2) is 58.8 Å². The fourth-order valence-corrected chi connectivity index (χ4v) is 6.09. The number of fused-ring (bicyclic) bond motifs is 2.